The predicted molar refractivity (Wildman–Crippen MR) is 133 cm³/mol. The number of nitrogens with zero attached hydrogens (tertiary/aromatic N) is 3. The number of hydrogen-bond acceptors (Lipinski definition) is 8. The summed E-state index contributed by atoms with van der Waals surface area (Å²) in [5, 5.41) is 13.9. The molecule has 2 atom stereocenters. The monoisotopic (exact) mass is 508 g/mol. The molecule has 11 heteroatoms. The number of nitrogens with one attached hydrogen (secondary N) is 1. The lowest BCUT2D eigenvalue weighted by Crippen LogP contribution is -2.72. The Bertz CT molecular complexity index is 1300. The van der Waals surface area contributed by atoms with Gasteiger partial charge in [-0.1, -0.05) is 6.07 Å². The summed E-state index contributed by atoms with van der Waals surface area (Å²) in [6, 6.07) is 8.74. The molecule has 1 N–H and O–H groups in total. The summed E-state index contributed by atoms with van der Waals surface area (Å²) >= 11 is 0. The topological polar surface area (TPSA) is 131 Å². The molecule has 2 aromatic carbocycles. The van der Waals surface area contributed by atoms with Crippen LogP contribution in [-0.2, 0) is 22.4 Å². The van der Waals surface area contributed by atoms with Crippen molar-refractivity contribution in [3.05, 3.63) is 57.6 Å². The Kier molecular flexibility index (Phi) is 6.22. The van der Waals surface area contributed by atoms with Crippen LogP contribution in [0.15, 0.2) is 36.4 Å². The number of piperidine rings is 1. The van der Waals surface area contributed by atoms with Crippen molar-refractivity contribution in [3.63, 3.8) is 0 Å². The van der Waals surface area contributed by atoms with Gasteiger partial charge in [-0.3, -0.25) is 29.9 Å². The molecule has 4 amide bonds. The van der Waals surface area contributed by atoms with Crippen LogP contribution in [-0.4, -0.2) is 61.0 Å². The van der Waals surface area contributed by atoms with Crippen LogP contribution in [0.2, 0.25) is 0 Å². The van der Waals surface area contributed by atoms with Crippen molar-refractivity contribution in [2.45, 2.75) is 38.1 Å². The first kappa shape index (κ1) is 24.5. The lowest BCUT2D eigenvalue weighted by molar-refractivity contribution is -0.384. The molecule has 2 fully saturated rings. The lowest BCUT2D eigenvalue weighted by atomic mass is 9.66. The van der Waals surface area contributed by atoms with Crippen molar-refractivity contribution < 1.29 is 28.8 Å². The van der Waals surface area contributed by atoms with Gasteiger partial charge in [0.05, 0.1) is 25.2 Å². The van der Waals surface area contributed by atoms with Gasteiger partial charge in [-0.05, 0) is 55.0 Å². The van der Waals surface area contributed by atoms with E-state index in [0.29, 0.717) is 36.4 Å². The van der Waals surface area contributed by atoms with Gasteiger partial charge in [-0.25, -0.2) is 4.79 Å². The maximum absolute atomic E-state index is 14.1. The van der Waals surface area contributed by atoms with Gasteiger partial charge in [-0.2, -0.15) is 0 Å². The smallest absolute Gasteiger partial charge is 0.330 e. The van der Waals surface area contributed by atoms with Crippen LogP contribution in [0.5, 0.6) is 11.5 Å². The molecular formula is C26H28N4O7. The number of barbiturate groups is 1. The van der Waals surface area contributed by atoms with Crippen LogP contribution < -0.4 is 19.7 Å². The summed E-state index contributed by atoms with van der Waals surface area (Å²) in [5.41, 5.74) is 0.539. The number of benzene rings is 2. The zero-order valence-electron chi connectivity index (χ0n) is 20.7. The number of methoxy groups -OCH3 is 2. The number of carbonyl (C=O) groups is 3. The number of nitro benzene ring substituents is 1. The first-order chi connectivity index (χ1) is 17.8. The fraction of sp³-hybridized carbons (Fsp3) is 0.423. The van der Waals surface area contributed by atoms with E-state index in [9.17, 15) is 24.5 Å². The van der Waals surface area contributed by atoms with E-state index in [-0.39, 0.29) is 18.7 Å². The third-order valence-electron chi connectivity index (χ3n) is 7.69. The fourth-order valence-corrected chi connectivity index (χ4v) is 5.89. The Hall–Kier alpha value is -4.15. The molecule has 0 aliphatic carbocycles. The van der Waals surface area contributed by atoms with Crippen molar-refractivity contribution in [2.24, 2.45) is 5.41 Å². The van der Waals surface area contributed by atoms with Crippen molar-refractivity contribution in [1.82, 2.24) is 10.2 Å². The molecule has 0 saturated carbocycles. The molecule has 3 aliphatic rings. The van der Waals surface area contributed by atoms with Crippen molar-refractivity contribution in [2.75, 3.05) is 32.2 Å². The molecule has 0 bridgehead atoms. The highest BCUT2D eigenvalue weighted by atomic mass is 16.6. The summed E-state index contributed by atoms with van der Waals surface area (Å²) < 4.78 is 10.6. The predicted octanol–water partition coefficient (Wildman–Crippen LogP) is 2.83. The summed E-state index contributed by atoms with van der Waals surface area (Å²) in [6.45, 7) is 0.682. The zero-order valence-corrected chi connectivity index (χ0v) is 20.7. The Balaban J connectivity index is 1.49. The van der Waals surface area contributed by atoms with Gasteiger partial charge in [0.1, 0.15) is 0 Å². The SMILES string of the molecule is COc1ccc(CCN2C(=O)NC(=O)[C@@]3(Cc4cc([N+](=O)[O-])ccc4N4CCCC[C@@H]43)C2=O)cc1OC. The van der Waals surface area contributed by atoms with E-state index in [1.807, 2.05) is 11.0 Å². The lowest BCUT2D eigenvalue weighted by Gasteiger charge is -2.53. The molecule has 37 heavy (non-hydrogen) atoms. The summed E-state index contributed by atoms with van der Waals surface area (Å²) in [7, 11) is 3.07. The van der Waals surface area contributed by atoms with Crippen LogP contribution in [0.1, 0.15) is 30.4 Å². The molecule has 2 aromatic rings. The van der Waals surface area contributed by atoms with Gasteiger partial charge in [0.25, 0.3) is 5.69 Å². The second kappa shape index (κ2) is 9.38. The summed E-state index contributed by atoms with van der Waals surface area (Å²) in [5.74, 6) is -0.103. The number of nitro groups is 1. The number of imide groups is 2. The highest BCUT2D eigenvalue weighted by Gasteiger charge is 2.62. The number of ether oxygens (including phenoxy) is 2. The largest absolute Gasteiger partial charge is 0.493 e. The molecule has 2 saturated heterocycles. The molecule has 0 aromatic heterocycles. The number of urea groups is 1. The molecule has 3 heterocycles. The molecule has 0 unspecified atom stereocenters. The number of fused-ring (bicyclic) bond motifs is 4. The average Bonchev–Trinajstić information content (AvgIpc) is 2.91. The second-order valence-electron chi connectivity index (χ2n) is 9.58. The molecule has 11 nitrogen and oxygen atoms in total. The number of carbonyl (C=O) groups excluding carboxylic acids is 3. The number of hydrogen-bond donors (Lipinski definition) is 1. The van der Waals surface area contributed by atoms with Crippen LogP contribution in [0.4, 0.5) is 16.2 Å². The highest BCUT2D eigenvalue weighted by molar-refractivity contribution is 6.20. The fourth-order valence-electron chi connectivity index (χ4n) is 5.89. The Morgan fingerprint density at radius 2 is 1.86 bits per heavy atom. The van der Waals surface area contributed by atoms with Crippen molar-refractivity contribution >= 4 is 29.2 Å². The normalized spacial score (nSPS) is 22.9. The van der Waals surface area contributed by atoms with Gasteiger partial charge in [-0.15, -0.1) is 0 Å². The minimum Gasteiger partial charge on any atom is -0.493 e. The molecule has 1 spiro atoms. The molecule has 5 rings (SSSR count). The van der Waals surface area contributed by atoms with E-state index >= 15 is 0 Å². The van der Waals surface area contributed by atoms with Crippen molar-refractivity contribution in [1.29, 1.82) is 0 Å². The van der Waals surface area contributed by atoms with E-state index < -0.39 is 34.2 Å². The quantitative estimate of drug-likeness (QED) is 0.358. The van der Waals surface area contributed by atoms with Crippen LogP contribution in [0.3, 0.4) is 0 Å². The second-order valence-corrected chi connectivity index (χ2v) is 9.58. The standard InChI is InChI=1S/C26H28N4O7/c1-36-20-9-6-16(13-21(20)37-2)10-12-29-24(32)26(23(31)27-25(29)33)15-17-14-18(30(34)35)7-8-19(17)28-11-4-3-5-22(26)28/h6-9,13-14,22H,3-5,10-12,15H2,1-2H3,(H,27,31,33)/t22-,26+/m1/s1. The van der Waals surface area contributed by atoms with Crippen LogP contribution in [0.25, 0.3) is 0 Å². The third kappa shape index (κ3) is 3.94. The average molecular weight is 509 g/mol. The van der Waals surface area contributed by atoms with E-state index in [2.05, 4.69) is 5.32 Å². The maximum Gasteiger partial charge on any atom is 0.330 e. The van der Waals surface area contributed by atoms with Crippen molar-refractivity contribution in [3.8, 4) is 11.5 Å². The van der Waals surface area contributed by atoms with Gasteiger partial charge >= 0.3 is 6.03 Å². The van der Waals surface area contributed by atoms with E-state index in [1.165, 1.54) is 26.4 Å². The minimum absolute atomic E-state index is 0.00398. The molecule has 3 aliphatic heterocycles. The van der Waals surface area contributed by atoms with Gasteiger partial charge in [0.15, 0.2) is 16.9 Å². The first-order valence-electron chi connectivity index (χ1n) is 12.2. The minimum atomic E-state index is -1.55. The number of rotatable bonds is 6. The van der Waals surface area contributed by atoms with E-state index in [4.69, 9.17) is 9.47 Å². The summed E-state index contributed by atoms with van der Waals surface area (Å²) in [6.07, 6.45) is 2.66. The van der Waals surface area contributed by atoms with Gasteiger partial charge in [0.2, 0.25) is 11.8 Å². The van der Waals surface area contributed by atoms with Crippen LogP contribution >= 0.6 is 0 Å². The zero-order chi connectivity index (χ0) is 26.3. The Morgan fingerprint density at radius 1 is 1.08 bits per heavy atom. The van der Waals surface area contributed by atoms with E-state index in [1.54, 1.807) is 18.2 Å². The number of amides is 4. The van der Waals surface area contributed by atoms with Crippen LogP contribution in [0, 0.1) is 15.5 Å². The van der Waals surface area contributed by atoms with Gasteiger partial charge < -0.3 is 14.4 Å². The highest BCUT2D eigenvalue weighted by Crippen LogP contribution is 2.48. The Morgan fingerprint density at radius 3 is 2.59 bits per heavy atom. The first-order valence-corrected chi connectivity index (χ1v) is 12.2. The summed E-state index contributed by atoms with van der Waals surface area (Å²) in [4.78, 5) is 54.5. The van der Waals surface area contributed by atoms with Gasteiger partial charge in [0, 0.05) is 37.3 Å². The maximum atomic E-state index is 14.1. The molecule has 194 valence electrons. The third-order valence-corrected chi connectivity index (χ3v) is 7.69. The molecular weight excluding hydrogens is 480 g/mol. The molecule has 0 radical (unpaired) electrons. The number of non-ortho nitro benzene ring substituents is 1. The van der Waals surface area contributed by atoms with E-state index in [0.717, 1.165) is 29.0 Å². The Labute approximate surface area is 213 Å². The number of anilines is 1.